The molecule has 10 heteroatoms. The van der Waals surface area contributed by atoms with E-state index in [-0.39, 0.29) is 32.6 Å². The molecule has 3 amide bonds. The van der Waals surface area contributed by atoms with Crippen molar-refractivity contribution in [1.29, 1.82) is 0 Å². The van der Waals surface area contributed by atoms with Crippen LogP contribution in [0.2, 0.25) is 0 Å². The fourth-order valence-electron chi connectivity index (χ4n) is 12.2. The van der Waals surface area contributed by atoms with E-state index in [2.05, 4.69) is 155 Å². The van der Waals surface area contributed by atoms with Crippen LogP contribution in [0.4, 0.5) is 17.1 Å². The Hall–Kier alpha value is -6.20. The van der Waals surface area contributed by atoms with Gasteiger partial charge in [-0.25, -0.2) is 0 Å². The third-order valence-electron chi connectivity index (χ3n) is 15.7. The summed E-state index contributed by atoms with van der Waals surface area (Å²) in [6.07, 6.45) is 7.28. The van der Waals surface area contributed by atoms with Gasteiger partial charge in [-0.15, -0.1) is 0 Å². The van der Waals surface area contributed by atoms with Gasteiger partial charge in [0.2, 0.25) is 11.8 Å². The average molecular weight is 987 g/mol. The number of piperidine rings is 3. The molecule has 0 radical (unpaired) electrons. The predicted octanol–water partition coefficient (Wildman–Crippen LogP) is 11.4. The van der Waals surface area contributed by atoms with Crippen molar-refractivity contribution in [2.24, 2.45) is 17.8 Å². The summed E-state index contributed by atoms with van der Waals surface area (Å²) in [6, 6.07) is 47.0. The van der Waals surface area contributed by atoms with Crippen LogP contribution in [0.3, 0.4) is 0 Å². The molecule has 11 rings (SSSR count). The summed E-state index contributed by atoms with van der Waals surface area (Å²) in [4.78, 5) is 58.4. The van der Waals surface area contributed by atoms with Crippen molar-refractivity contribution in [3.63, 3.8) is 0 Å². The molecule has 10 nitrogen and oxygen atoms in total. The zero-order valence-electron chi connectivity index (χ0n) is 43.5. The van der Waals surface area contributed by atoms with Gasteiger partial charge in [-0.3, -0.25) is 24.2 Å². The van der Waals surface area contributed by atoms with Crippen LogP contribution in [0.1, 0.15) is 110 Å². The van der Waals surface area contributed by atoms with E-state index in [0.717, 1.165) is 113 Å². The van der Waals surface area contributed by atoms with E-state index >= 15 is 0 Å². The summed E-state index contributed by atoms with van der Waals surface area (Å²) >= 11 is 0. The molecular formula is C63H82N6O4. The average Bonchev–Trinajstić information content (AvgIpc) is 3.99. The third-order valence-corrected chi connectivity index (χ3v) is 15.7. The topological polar surface area (TPSA) is 96.5 Å². The van der Waals surface area contributed by atoms with Gasteiger partial charge < -0.3 is 24.8 Å². The van der Waals surface area contributed by atoms with Crippen LogP contribution >= 0.6 is 0 Å². The molecular weight excluding hydrogens is 905 g/mol. The zero-order chi connectivity index (χ0) is 50.7. The fraction of sp³-hybridized carbons (Fsp3) is 0.429. The largest absolute Gasteiger partial charge is 0.316 e. The van der Waals surface area contributed by atoms with Crippen molar-refractivity contribution in [1.82, 2.24) is 15.1 Å². The normalized spacial score (nSPS) is 25.0. The third kappa shape index (κ3) is 12.3. The van der Waals surface area contributed by atoms with Gasteiger partial charge in [-0.1, -0.05) is 156 Å². The minimum absolute atomic E-state index is 0. The number of fused-ring (bicyclic) bond motifs is 3. The van der Waals surface area contributed by atoms with Crippen LogP contribution in [0.15, 0.2) is 140 Å². The molecule has 0 bridgehead atoms. The highest BCUT2D eigenvalue weighted by Gasteiger charge is 2.43. The van der Waals surface area contributed by atoms with Crippen LogP contribution in [0.5, 0.6) is 0 Å². The minimum atomic E-state index is 0. The number of hydrogen-bond acceptors (Lipinski definition) is 7. The highest BCUT2D eigenvalue weighted by atomic mass is 16.2. The first kappa shape index (κ1) is 54.6. The summed E-state index contributed by atoms with van der Waals surface area (Å²) in [5, 5.41) is 3.41. The summed E-state index contributed by atoms with van der Waals surface area (Å²) in [7, 11) is 0. The van der Waals surface area contributed by atoms with E-state index < -0.39 is 0 Å². The van der Waals surface area contributed by atoms with Crippen molar-refractivity contribution in [3.8, 4) is 0 Å². The lowest BCUT2D eigenvalue weighted by Crippen LogP contribution is -2.51. The Morgan fingerprint density at radius 2 is 1.11 bits per heavy atom. The molecule has 6 aliphatic rings. The van der Waals surface area contributed by atoms with Gasteiger partial charge in [-0.2, -0.15) is 0 Å². The molecule has 0 saturated carbocycles. The number of aldehydes is 1. The molecule has 3 fully saturated rings. The molecule has 1 unspecified atom stereocenters. The Labute approximate surface area is 437 Å². The minimum Gasteiger partial charge on any atom is -0.316 e. The predicted molar refractivity (Wildman–Crippen MR) is 302 cm³/mol. The molecule has 6 aliphatic heterocycles. The van der Waals surface area contributed by atoms with Crippen LogP contribution in [0, 0.1) is 17.8 Å². The molecule has 6 heterocycles. The van der Waals surface area contributed by atoms with Crippen molar-refractivity contribution in [2.75, 3.05) is 54.0 Å². The van der Waals surface area contributed by atoms with Gasteiger partial charge in [0.1, 0.15) is 6.29 Å². The molecule has 73 heavy (non-hydrogen) atoms. The summed E-state index contributed by atoms with van der Waals surface area (Å²) in [5.41, 5.74) is 10.4. The highest BCUT2D eigenvalue weighted by molar-refractivity contribution is 6.32. The maximum absolute atomic E-state index is 13.1. The number of benzene rings is 5. The second kappa shape index (κ2) is 25.6. The first-order valence-electron chi connectivity index (χ1n) is 26.6. The lowest BCUT2D eigenvalue weighted by molar-refractivity contribution is -0.120. The molecule has 3 saturated heterocycles. The van der Waals surface area contributed by atoms with E-state index in [4.69, 9.17) is 4.79 Å². The van der Waals surface area contributed by atoms with E-state index in [0.29, 0.717) is 42.2 Å². The summed E-state index contributed by atoms with van der Waals surface area (Å²) in [6.45, 7) is 20.5. The fourth-order valence-corrected chi connectivity index (χ4v) is 12.2. The second-order valence-corrected chi connectivity index (χ2v) is 20.6. The number of anilines is 3. The molecule has 5 aromatic carbocycles. The number of carbonyl (C=O) groups excluding carboxylic acids is 4. The maximum Gasteiger partial charge on any atom is 0.258 e. The van der Waals surface area contributed by atoms with Crippen LogP contribution in [0.25, 0.3) is 5.57 Å². The lowest BCUT2D eigenvalue weighted by atomic mass is 9.92. The van der Waals surface area contributed by atoms with Gasteiger partial charge >= 0.3 is 0 Å². The molecule has 7 atom stereocenters. The monoisotopic (exact) mass is 987 g/mol. The molecule has 1 N–H and O–H groups in total. The Kier molecular flexibility index (Phi) is 19.2. The van der Waals surface area contributed by atoms with E-state index in [1.54, 1.807) is 0 Å². The number of carbonyl (C=O) groups is 4. The van der Waals surface area contributed by atoms with Crippen molar-refractivity contribution < 1.29 is 20.6 Å². The highest BCUT2D eigenvalue weighted by Crippen LogP contribution is 2.43. The molecule has 388 valence electrons. The molecule has 0 spiro atoms. The number of amides is 3. The molecule has 0 aliphatic carbocycles. The van der Waals surface area contributed by atoms with E-state index in [1.807, 2.05) is 49.4 Å². The molecule has 0 aromatic heterocycles. The van der Waals surface area contributed by atoms with Gasteiger partial charge in [0.05, 0.1) is 18.0 Å². The van der Waals surface area contributed by atoms with Crippen molar-refractivity contribution in [3.05, 3.63) is 167 Å². The second-order valence-electron chi connectivity index (χ2n) is 20.6. The van der Waals surface area contributed by atoms with E-state index in [9.17, 15) is 14.4 Å². The van der Waals surface area contributed by atoms with E-state index in [1.165, 1.54) is 29.2 Å². The summed E-state index contributed by atoms with van der Waals surface area (Å²) < 4.78 is 0. The Morgan fingerprint density at radius 1 is 0.603 bits per heavy atom. The van der Waals surface area contributed by atoms with Crippen molar-refractivity contribution >= 4 is 46.6 Å². The number of nitrogens with one attached hydrogen (secondary N) is 1. The number of nitrogens with zero attached hydrogens (tertiary/aromatic N) is 5. The first-order valence-corrected chi connectivity index (χ1v) is 26.6. The number of hydrogen-bond donors (Lipinski definition) is 1. The number of allylic oxidation sites excluding steroid dienone is 1. The van der Waals surface area contributed by atoms with Gasteiger partial charge in [0.25, 0.3) is 5.91 Å². The first-order chi connectivity index (χ1) is 35.1. The number of rotatable bonds is 8. The number of likely N-dealkylation sites (tertiary alicyclic amines) is 2. The van der Waals surface area contributed by atoms with Crippen LogP contribution in [-0.4, -0.2) is 91.2 Å². The zero-order valence-corrected chi connectivity index (χ0v) is 43.5. The summed E-state index contributed by atoms with van der Waals surface area (Å²) in [5.74, 6) is 2.26. The Balaban J connectivity index is 0.000000175. The maximum atomic E-state index is 13.1. The Morgan fingerprint density at radius 3 is 1.67 bits per heavy atom. The van der Waals surface area contributed by atoms with Gasteiger partial charge in [-0.05, 0) is 111 Å². The van der Waals surface area contributed by atoms with Crippen LogP contribution < -0.4 is 20.0 Å². The number of para-hydroxylation sites is 3. The molecule has 5 aromatic rings. The quantitative estimate of drug-likeness (QED) is 0.122. The lowest BCUT2D eigenvalue weighted by Gasteiger charge is -2.41. The standard InChI is InChI=1S/C23H26N2O.C21H24N2O.C16H22N2O.C2H4O.CH4.H2/c1-3-19-20-11-7-8-12-22(20)25(23(19)26)21-13-14-24(15-17(21)2)16-18-9-5-4-6-10-18;1-16-14-22(15-17-7-3-2-4-8-17)12-11-19(16)23-20-10-6-5-9-18(20)13-21(23)24;1-3-12-13-6-4-5-7-15(13)18(16(12)19)14-8-9-17-10-11(14)2;1-2-3;;/h3-12,17,21H,13-16H2,1-2H3;2-10,16,19H,11-15H2,1H3;4-7,11-12,14,17H,3,8-10H2,1-2H3;2H,1H3;1H4;1H/b19-3-;;;;;/t17-,21-;16-,19-;11-,12?,14-;;;/m111.../s1. The van der Waals surface area contributed by atoms with Crippen molar-refractivity contribution in [2.45, 2.75) is 118 Å². The van der Waals surface area contributed by atoms with Crippen LogP contribution in [-0.2, 0) is 38.7 Å². The van der Waals surface area contributed by atoms with Gasteiger partial charge in [0.15, 0.2) is 0 Å². The Bertz CT molecular complexity index is 2660. The smallest absolute Gasteiger partial charge is 0.258 e. The van der Waals surface area contributed by atoms with Gasteiger partial charge in [0, 0.05) is 81.3 Å². The SMILES string of the molecule is C.C/C=C1\C(=O)N([C@@H]2CCN(Cc3ccccc3)C[C@H]2C)c2ccccc21.CC=O.CCC1C(=O)N([C@@H]2CCNC[C@H]2C)c2ccccc21.C[C@@H]1CN(Cc2ccccc2)CC[C@H]1N1C(=O)Cc2ccccc21.[HH].